The van der Waals surface area contributed by atoms with Crippen molar-refractivity contribution in [3.8, 4) is 28.5 Å². The van der Waals surface area contributed by atoms with Crippen LogP contribution in [0.3, 0.4) is 0 Å². The van der Waals surface area contributed by atoms with E-state index in [9.17, 15) is 5.26 Å². The van der Waals surface area contributed by atoms with E-state index in [1.54, 1.807) is 0 Å². The molecule has 4 nitrogen and oxygen atoms in total. The van der Waals surface area contributed by atoms with Gasteiger partial charge in [-0.25, -0.2) is 15.0 Å². The fourth-order valence-corrected chi connectivity index (χ4v) is 3.53. The van der Waals surface area contributed by atoms with E-state index in [0.29, 0.717) is 38.3 Å². The molecule has 0 saturated carbocycles. The first-order chi connectivity index (χ1) is 14.3. The van der Waals surface area contributed by atoms with E-state index in [1.165, 1.54) is 0 Å². The lowest BCUT2D eigenvalue weighted by Crippen LogP contribution is -2.17. The molecule has 2 heterocycles. The van der Waals surface area contributed by atoms with Gasteiger partial charge in [0.2, 0.25) is 0 Å². The van der Waals surface area contributed by atoms with Gasteiger partial charge in [-0.2, -0.15) is 5.26 Å². The summed E-state index contributed by atoms with van der Waals surface area (Å²) in [6.07, 6.45) is 0. The predicted octanol–water partition coefficient (Wildman–Crippen LogP) is 6.83. The minimum atomic E-state index is -0.319. The Morgan fingerprint density at radius 1 is 0.867 bits per heavy atom. The van der Waals surface area contributed by atoms with Gasteiger partial charge in [-0.15, -0.1) is 0 Å². The smallest absolute Gasteiger partial charge is 0.164 e. The fraction of sp³-hybridized carbons (Fsp3) is 0.167. The first-order valence-electron chi connectivity index (χ1n) is 9.42. The highest BCUT2D eigenvalue weighted by molar-refractivity contribution is 6.33. The molecule has 0 fully saturated rings. The van der Waals surface area contributed by atoms with Gasteiger partial charge in [-0.3, -0.25) is 0 Å². The number of nitriles is 1. The van der Waals surface area contributed by atoms with Gasteiger partial charge in [-0.1, -0.05) is 74.3 Å². The third-order valence-corrected chi connectivity index (χ3v) is 5.33. The van der Waals surface area contributed by atoms with E-state index in [1.807, 2.05) is 75.4 Å². The van der Waals surface area contributed by atoms with Crippen molar-refractivity contribution in [2.75, 3.05) is 0 Å². The van der Waals surface area contributed by atoms with E-state index in [2.05, 4.69) is 16.0 Å². The SMILES string of the molecule is CC(C)(C)c1nc(C#N)c2cc(-c3ccc(Cl)cc3)c(-c3ccccc3Cl)nc2n1. The van der Waals surface area contributed by atoms with Crippen molar-refractivity contribution in [2.45, 2.75) is 26.2 Å². The number of rotatable bonds is 2. The Hall–Kier alpha value is -3.00. The standard InChI is InChI=1S/C24H18Cl2N4/c1-24(2,3)23-28-20(13-27)18-12-17(14-8-10-15(25)11-9-14)21(29-22(18)30-23)16-6-4-5-7-19(16)26/h4-12H,1-3H3. The second kappa shape index (κ2) is 7.68. The number of halogens is 2. The molecule has 2 aromatic carbocycles. The number of nitrogens with zero attached hydrogens (tertiary/aromatic N) is 4. The van der Waals surface area contributed by atoms with Gasteiger partial charge < -0.3 is 0 Å². The lowest BCUT2D eigenvalue weighted by Gasteiger charge is -2.18. The molecule has 0 N–H and O–H groups in total. The Morgan fingerprint density at radius 3 is 2.20 bits per heavy atom. The molecule has 0 aliphatic carbocycles. The Labute approximate surface area is 185 Å². The van der Waals surface area contributed by atoms with Crippen LogP contribution in [0.2, 0.25) is 10.0 Å². The monoisotopic (exact) mass is 432 g/mol. The normalized spacial score (nSPS) is 11.5. The third kappa shape index (κ3) is 3.75. The average Bonchev–Trinajstić information content (AvgIpc) is 2.72. The highest BCUT2D eigenvalue weighted by Crippen LogP contribution is 2.37. The van der Waals surface area contributed by atoms with Crippen LogP contribution in [-0.2, 0) is 5.41 Å². The summed E-state index contributed by atoms with van der Waals surface area (Å²) >= 11 is 12.6. The zero-order valence-corrected chi connectivity index (χ0v) is 18.3. The molecule has 0 spiro atoms. The predicted molar refractivity (Wildman–Crippen MR) is 122 cm³/mol. The van der Waals surface area contributed by atoms with Gasteiger partial charge in [0.1, 0.15) is 11.9 Å². The van der Waals surface area contributed by atoms with Crippen LogP contribution < -0.4 is 0 Å². The van der Waals surface area contributed by atoms with Crippen LogP contribution in [-0.4, -0.2) is 15.0 Å². The van der Waals surface area contributed by atoms with Crippen molar-refractivity contribution in [1.82, 2.24) is 15.0 Å². The largest absolute Gasteiger partial charge is 0.227 e. The molecule has 0 amide bonds. The maximum Gasteiger partial charge on any atom is 0.164 e. The third-order valence-electron chi connectivity index (χ3n) is 4.75. The first-order valence-corrected chi connectivity index (χ1v) is 10.2. The highest BCUT2D eigenvalue weighted by Gasteiger charge is 2.22. The van der Waals surface area contributed by atoms with Crippen LogP contribution >= 0.6 is 23.2 Å². The van der Waals surface area contributed by atoms with Gasteiger partial charge in [0, 0.05) is 26.6 Å². The fourth-order valence-electron chi connectivity index (χ4n) is 3.18. The van der Waals surface area contributed by atoms with E-state index in [-0.39, 0.29) is 5.41 Å². The van der Waals surface area contributed by atoms with Crippen LogP contribution in [0.5, 0.6) is 0 Å². The summed E-state index contributed by atoms with van der Waals surface area (Å²) in [5.74, 6) is 0.573. The molecule has 0 aliphatic heterocycles. The van der Waals surface area contributed by atoms with Gasteiger partial charge >= 0.3 is 0 Å². The Morgan fingerprint density at radius 2 is 1.57 bits per heavy atom. The lowest BCUT2D eigenvalue weighted by molar-refractivity contribution is 0.547. The molecular formula is C24H18Cl2N4. The molecule has 0 atom stereocenters. The molecule has 148 valence electrons. The molecule has 0 unspecified atom stereocenters. The number of hydrogen-bond donors (Lipinski definition) is 0. The molecular weight excluding hydrogens is 415 g/mol. The number of hydrogen-bond acceptors (Lipinski definition) is 4. The minimum absolute atomic E-state index is 0.304. The summed E-state index contributed by atoms with van der Waals surface area (Å²) in [6, 6.07) is 19.1. The second-order valence-corrected chi connectivity index (χ2v) is 8.84. The van der Waals surface area contributed by atoms with Crippen molar-refractivity contribution in [3.63, 3.8) is 0 Å². The van der Waals surface area contributed by atoms with Crippen LogP contribution in [0.15, 0.2) is 54.6 Å². The first kappa shape index (κ1) is 20.3. The number of fused-ring (bicyclic) bond motifs is 1. The summed E-state index contributed by atoms with van der Waals surface area (Å²) < 4.78 is 0. The van der Waals surface area contributed by atoms with Crippen molar-refractivity contribution in [3.05, 3.63) is 76.2 Å². The van der Waals surface area contributed by atoms with E-state index in [4.69, 9.17) is 28.2 Å². The zero-order chi connectivity index (χ0) is 21.5. The van der Waals surface area contributed by atoms with Gasteiger partial charge in [-0.05, 0) is 29.8 Å². The highest BCUT2D eigenvalue weighted by atomic mass is 35.5. The maximum atomic E-state index is 9.75. The minimum Gasteiger partial charge on any atom is -0.227 e. The summed E-state index contributed by atoms with van der Waals surface area (Å²) in [6.45, 7) is 6.02. The van der Waals surface area contributed by atoms with E-state index in [0.717, 1.165) is 16.7 Å². The molecule has 6 heteroatoms. The van der Waals surface area contributed by atoms with Crippen molar-refractivity contribution < 1.29 is 0 Å². The number of aromatic nitrogens is 3. The van der Waals surface area contributed by atoms with Crippen LogP contribution in [0.1, 0.15) is 32.3 Å². The van der Waals surface area contributed by atoms with Crippen molar-refractivity contribution in [1.29, 1.82) is 5.26 Å². The summed E-state index contributed by atoms with van der Waals surface area (Å²) in [5, 5.41) is 11.6. The molecule has 4 aromatic rings. The Kier molecular flexibility index (Phi) is 5.19. The van der Waals surface area contributed by atoms with E-state index < -0.39 is 0 Å². The number of benzene rings is 2. The molecule has 4 rings (SSSR count). The van der Waals surface area contributed by atoms with Crippen molar-refractivity contribution >= 4 is 34.2 Å². The molecule has 2 aromatic heterocycles. The second-order valence-electron chi connectivity index (χ2n) is 8.00. The van der Waals surface area contributed by atoms with Crippen LogP contribution in [0.4, 0.5) is 0 Å². The molecule has 0 aliphatic rings. The molecule has 0 saturated heterocycles. The van der Waals surface area contributed by atoms with E-state index >= 15 is 0 Å². The summed E-state index contributed by atoms with van der Waals surface area (Å²) in [4.78, 5) is 14.1. The summed E-state index contributed by atoms with van der Waals surface area (Å²) in [7, 11) is 0. The Bertz CT molecular complexity index is 1300. The molecule has 0 bridgehead atoms. The van der Waals surface area contributed by atoms with Crippen LogP contribution in [0, 0.1) is 11.3 Å². The topological polar surface area (TPSA) is 62.5 Å². The van der Waals surface area contributed by atoms with Gasteiger partial charge in [0.25, 0.3) is 0 Å². The zero-order valence-electron chi connectivity index (χ0n) is 16.7. The molecule has 0 radical (unpaired) electrons. The number of pyridine rings is 1. The quantitative estimate of drug-likeness (QED) is 0.347. The van der Waals surface area contributed by atoms with Gasteiger partial charge in [0.05, 0.1) is 11.1 Å². The van der Waals surface area contributed by atoms with Crippen molar-refractivity contribution in [2.24, 2.45) is 0 Å². The van der Waals surface area contributed by atoms with Crippen LogP contribution in [0.25, 0.3) is 33.4 Å². The Balaban J connectivity index is 2.10. The average molecular weight is 433 g/mol. The lowest BCUT2D eigenvalue weighted by atomic mass is 9.94. The maximum absolute atomic E-state index is 9.75. The van der Waals surface area contributed by atoms with Gasteiger partial charge in [0.15, 0.2) is 11.3 Å². The molecule has 30 heavy (non-hydrogen) atoms. The summed E-state index contributed by atoms with van der Waals surface area (Å²) in [5.41, 5.74) is 3.68.